The molecule has 1 aromatic carbocycles. The van der Waals surface area contributed by atoms with Crippen LogP contribution in [0.1, 0.15) is 42.3 Å². The van der Waals surface area contributed by atoms with Gasteiger partial charge in [-0.15, -0.1) is 0 Å². The maximum absolute atomic E-state index is 13.8. The Morgan fingerprint density at radius 3 is 2.23 bits per heavy atom. The normalized spacial score (nSPS) is 35.0. The lowest BCUT2D eigenvalue weighted by atomic mass is 9.51. The van der Waals surface area contributed by atoms with Gasteiger partial charge in [0.1, 0.15) is 5.75 Å². The quantitative estimate of drug-likeness (QED) is 0.387. The summed E-state index contributed by atoms with van der Waals surface area (Å²) in [7, 11) is 2.90. The van der Waals surface area contributed by atoms with Gasteiger partial charge in [0.25, 0.3) is 0 Å². The zero-order valence-corrected chi connectivity index (χ0v) is 20.2. The number of phenolic OH excluding ortho intramolecular Hbond substituents is 1. The van der Waals surface area contributed by atoms with Gasteiger partial charge in [0.05, 0.1) is 29.5 Å². The third kappa shape index (κ3) is 3.23. The number of ketones is 4. The Balaban J connectivity index is 1.92. The number of nitrogens with two attached hydrogens (primary N) is 1. The number of primary amides is 1. The van der Waals surface area contributed by atoms with Crippen molar-refractivity contribution in [3.05, 3.63) is 28.8 Å². The molecular formula is C25H30N2O8. The van der Waals surface area contributed by atoms with Crippen LogP contribution in [-0.4, -0.2) is 81.1 Å². The molecule has 3 aliphatic rings. The number of carbonyl (C=O) groups excluding carboxylic acids is 5. The van der Waals surface area contributed by atoms with E-state index in [1.807, 2.05) is 20.8 Å². The van der Waals surface area contributed by atoms with E-state index in [1.165, 1.54) is 19.0 Å². The van der Waals surface area contributed by atoms with Gasteiger partial charge in [-0.3, -0.25) is 28.9 Å². The number of hydrogen-bond acceptors (Lipinski definition) is 9. The van der Waals surface area contributed by atoms with Gasteiger partial charge in [-0.1, -0.05) is 32.9 Å². The van der Waals surface area contributed by atoms with Crippen molar-refractivity contribution >= 4 is 29.0 Å². The van der Waals surface area contributed by atoms with Gasteiger partial charge in [-0.2, -0.15) is 0 Å². The lowest BCUT2D eigenvalue weighted by Gasteiger charge is -2.54. The molecule has 0 aliphatic heterocycles. The van der Waals surface area contributed by atoms with E-state index in [4.69, 9.17) is 5.73 Å². The molecular weight excluding hydrogens is 456 g/mol. The number of phenols is 1. The number of fused-ring (bicyclic) bond motifs is 3. The fraction of sp³-hybridized carbons (Fsp3) is 0.560. The van der Waals surface area contributed by atoms with Crippen LogP contribution in [-0.2, 0) is 31.0 Å². The number of amides is 1. The van der Waals surface area contributed by atoms with E-state index in [-0.39, 0.29) is 17.7 Å². The molecule has 0 heterocycles. The van der Waals surface area contributed by atoms with E-state index in [9.17, 15) is 39.3 Å². The fourth-order valence-corrected chi connectivity index (χ4v) is 6.19. The van der Waals surface area contributed by atoms with Gasteiger partial charge >= 0.3 is 0 Å². The number of carbonyl (C=O) groups is 5. The molecule has 10 nitrogen and oxygen atoms in total. The van der Waals surface area contributed by atoms with Gasteiger partial charge in [0.15, 0.2) is 34.7 Å². The molecule has 0 bridgehead atoms. The van der Waals surface area contributed by atoms with Crippen LogP contribution < -0.4 is 5.73 Å². The first kappa shape index (κ1) is 25.2. The number of aliphatic hydroxyl groups excluding tert-OH is 1. The largest absolute Gasteiger partial charge is 0.507 e. The molecule has 0 aromatic heterocycles. The molecule has 4 rings (SSSR count). The summed E-state index contributed by atoms with van der Waals surface area (Å²) in [6.45, 7) is 5.53. The minimum Gasteiger partial charge on any atom is -0.507 e. The summed E-state index contributed by atoms with van der Waals surface area (Å²) >= 11 is 0. The number of nitrogens with zero attached hydrogens (tertiary/aromatic N) is 1. The van der Waals surface area contributed by atoms with E-state index >= 15 is 0 Å². The van der Waals surface area contributed by atoms with E-state index in [1.54, 1.807) is 12.1 Å². The number of benzene rings is 1. The summed E-state index contributed by atoms with van der Waals surface area (Å²) in [4.78, 5) is 67.1. The average molecular weight is 487 g/mol. The molecule has 5 N–H and O–H groups in total. The van der Waals surface area contributed by atoms with Crippen LogP contribution in [0.25, 0.3) is 0 Å². The Bertz CT molecular complexity index is 1180. The number of aromatic hydroxyl groups is 1. The molecule has 0 radical (unpaired) electrons. The van der Waals surface area contributed by atoms with Crippen LogP contribution in [0.4, 0.5) is 0 Å². The summed E-state index contributed by atoms with van der Waals surface area (Å²) in [5, 5.41) is 33.9. The first-order valence-corrected chi connectivity index (χ1v) is 11.4. The topological polar surface area (TPSA) is 175 Å². The predicted molar refractivity (Wildman–Crippen MR) is 121 cm³/mol. The summed E-state index contributed by atoms with van der Waals surface area (Å²) in [5.41, 5.74) is 2.59. The Kier molecular flexibility index (Phi) is 5.59. The Labute approximate surface area is 202 Å². The smallest absolute Gasteiger partial charge is 0.235 e. The molecule has 2 fully saturated rings. The Morgan fingerprint density at radius 1 is 1.11 bits per heavy atom. The third-order valence-corrected chi connectivity index (χ3v) is 7.83. The van der Waals surface area contributed by atoms with Crippen molar-refractivity contribution in [1.82, 2.24) is 4.90 Å². The third-order valence-electron chi connectivity index (χ3n) is 7.83. The van der Waals surface area contributed by atoms with E-state index < -0.39 is 75.9 Å². The standard InChI is InChI=1S/C25H30N2O8/c1-24(2,3)11-7-6-9-8-10-13(19(30)12(9)18(11)29)21(32)25(35)15(17(10)28)16(27(4)5)20(31)14(22(25)33)23(26)34/h6-7,10,13-17,28-29,35H,8H2,1-5H3,(H2,26,34)/t10-,13?,14?,15-,16+,17+,25+/m0/s1. The molecule has 3 aliphatic carbocycles. The second-order valence-corrected chi connectivity index (χ2v) is 11.1. The molecule has 2 saturated carbocycles. The fourth-order valence-electron chi connectivity index (χ4n) is 6.19. The van der Waals surface area contributed by atoms with Gasteiger partial charge in [0, 0.05) is 5.92 Å². The van der Waals surface area contributed by atoms with Crippen LogP contribution in [0.3, 0.4) is 0 Å². The van der Waals surface area contributed by atoms with Gasteiger partial charge in [0.2, 0.25) is 5.91 Å². The molecule has 1 aromatic rings. The highest BCUT2D eigenvalue weighted by molar-refractivity contribution is 6.32. The minimum atomic E-state index is -2.98. The zero-order chi connectivity index (χ0) is 26.4. The Hall–Kier alpha value is -2.95. The van der Waals surface area contributed by atoms with Crippen molar-refractivity contribution in [2.24, 2.45) is 29.4 Å². The maximum Gasteiger partial charge on any atom is 0.235 e. The monoisotopic (exact) mass is 486 g/mol. The van der Waals surface area contributed by atoms with Crippen molar-refractivity contribution in [1.29, 1.82) is 0 Å². The van der Waals surface area contributed by atoms with Crippen LogP contribution in [0.2, 0.25) is 0 Å². The average Bonchev–Trinajstić information content (AvgIpc) is 2.72. The molecule has 10 heteroatoms. The van der Waals surface area contributed by atoms with Gasteiger partial charge in [-0.05, 0) is 37.1 Å². The molecule has 0 spiro atoms. The highest BCUT2D eigenvalue weighted by Crippen LogP contribution is 2.51. The minimum absolute atomic E-state index is 0.00495. The number of likely N-dealkylation sites (N-methyl/N-ethyl adjacent to an activating group) is 1. The molecule has 2 unspecified atom stereocenters. The Morgan fingerprint density at radius 2 is 1.71 bits per heavy atom. The second kappa shape index (κ2) is 7.78. The zero-order valence-electron chi connectivity index (χ0n) is 20.2. The van der Waals surface area contributed by atoms with Crippen molar-refractivity contribution in [3.8, 4) is 5.75 Å². The van der Waals surface area contributed by atoms with E-state index in [0.717, 1.165) is 0 Å². The van der Waals surface area contributed by atoms with Crippen LogP contribution >= 0.6 is 0 Å². The maximum atomic E-state index is 13.8. The first-order valence-electron chi connectivity index (χ1n) is 11.4. The van der Waals surface area contributed by atoms with Crippen molar-refractivity contribution in [3.63, 3.8) is 0 Å². The lowest BCUT2D eigenvalue weighted by Crippen LogP contribution is -2.77. The number of aliphatic hydroxyl groups is 2. The SMILES string of the molecule is CN(C)[C@H]1C(=O)C(C(N)=O)C(=O)[C@]2(O)C(=O)C3C(=O)c4c(ccc(C(C)(C)C)c4O)C[C@@H]3[C@@H](O)[C@H]12. The predicted octanol–water partition coefficient (Wildman–Crippen LogP) is -0.865. The van der Waals surface area contributed by atoms with Crippen molar-refractivity contribution in [2.45, 2.75) is 50.4 Å². The second-order valence-electron chi connectivity index (χ2n) is 11.1. The summed E-state index contributed by atoms with van der Waals surface area (Å²) in [6, 6.07) is 1.97. The van der Waals surface area contributed by atoms with Crippen LogP contribution in [0.5, 0.6) is 5.75 Å². The number of rotatable bonds is 2. The molecule has 188 valence electrons. The molecule has 7 atom stereocenters. The molecule has 0 saturated heterocycles. The van der Waals surface area contributed by atoms with Crippen LogP contribution in [0, 0.1) is 23.7 Å². The number of hydrogen-bond donors (Lipinski definition) is 4. The molecule has 1 amide bonds. The van der Waals surface area contributed by atoms with E-state index in [0.29, 0.717) is 11.1 Å². The van der Waals surface area contributed by atoms with Crippen molar-refractivity contribution in [2.75, 3.05) is 14.1 Å². The van der Waals surface area contributed by atoms with Crippen molar-refractivity contribution < 1.29 is 39.3 Å². The number of Topliss-reactive ketones (excluding diaryl/α,β-unsaturated/α-hetero) is 4. The highest BCUT2D eigenvalue weighted by Gasteiger charge is 2.72. The molecule has 35 heavy (non-hydrogen) atoms. The highest BCUT2D eigenvalue weighted by atomic mass is 16.3. The van der Waals surface area contributed by atoms with E-state index in [2.05, 4.69) is 0 Å². The summed E-state index contributed by atoms with van der Waals surface area (Å²) in [5.74, 6) is -12.3. The summed E-state index contributed by atoms with van der Waals surface area (Å²) in [6.07, 6.45) is -1.61. The lowest BCUT2D eigenvalue weighted by molar-refractivity contribution is -0.195. The van der Waals surface area contributed by atoms with Crippen LogP contribution in [0.15, 0.2) is 12.1 Å². The first-order chi connectivity index (χ1) is 16.1. The van der Waals surface area contributed by atoms with Gasteiger partial charge in [-0.25, -0.2) is 0 Å². The van der Waals surface area contributed by atoms with Gasteiger partial charge < -0.3 is 21.1 Å². The summed E-state index contributed by atoms with van der Waals surface area (Å²) < 4.78 is 0.